The van der Waals surface area contributed by atoms with E-state index < -0.39 is 0 Å². The third-order valence-corrected chi connectivity index (χ3v) is 3.04. The van der Waals surface area contributed by atoms with Gasteiger partial charge in [0, 0.05) is 27.2 Å². The van der Waals surface area contributed by atoms with E-state index in [-0.39, 0.29) is 24.3 Å². The van der Waals surface area contributed by atoms with Crippen molar-refractivity contribution in [2.45, 2.75) is 19.8 Å². The van der Waals surface area contributed by atoms with Crippen LogP contribution in [0.25, 0.3) is 0 Å². The fourth-order valence-electron chi connectivity index (χ4n) is 1.97. The zero-order valence-corrected chi connectivity index (χ0v) is 11.0. The van der Waals surface area contributed by atoms with Crippen molar-refractivity contribution in [2.24, 2.45) is 5.92 Å². The second-order valence-corrected chi connectivity index (χ2v) is 4.74. The molecule has 1 unspecified atom stereocenters. The van der Waals surface area contributed by atoms with Crippen molar-refractivity contribution in [2.75, 3.05) is 40.3 Å². The van der Waals surface area contributed by atoms with Crippen LogP contribution in [0.1, 0.15) is 19.8 Å². The first kappa shape index (κ1) is 14.0. The first-order chi connectivity index (χ1) is 8.06. The summed E-state index contributed by atoms with van der Waals surface area (Å²) in [5, 5.41) is 3.18. The molecule has 2 amide bonds. The van der Waals surface area contributed by atoms with Gasteiger partial charge < -0.3 is 15.1 Å². The molecule has 0 bridgehead atoms. The molecule has 5 nitrogen and oxygen atoms in total. The lowest BCUT2D eigenvalue weighted by Gasteiger charge is -2.25. The van der Waals surface area contributed by atoms with Crippen LogP contribution in [0.5, 0.6) is 0 Å². The van der Waals surface area contributed by atoms with Gasteiger partial charge in [-0.05, 0) is 19.4 Å². The largest absolute Gasteiger partial charge is 0.347 e. The number of carbonyl (C=O) groups excluding carboxylic acids is 2. The van der Waals surface area contributed by atoms with Crippen LogP contribution in [0, 0.1) is 5.92 Å². The Kier molecular flexibility index (Phi) is 5.41. The van der Waals surface area contributed by atoms with Crippen LogP contribution in [-0.2, 0) is 9.59 Å². The second-order valence-electron chi connectivity index (χ2n) is 4.74. The van der Waals surface area contributed by atoms with Crippen LogP contribution in [0.15, 0.2) is 0 Å². The molecule has 5 heteroatoms. The summed E-state index contributed by atoms with van der Waals surface area (Å²) in [6, 6.07) is 0. The average molecular weight is 241 g/mol. The van der Waals surface area contributed by atoms with E-state index in [1.807, 2.05) is 6.92 Å². The van der Waals surface area contributed by atoms with Crippen LogP contribution in [0.2, 0.25) is 0 Å². The number of hydrogen-bond acceptors (Lipinski definition) is 3. The highest BCUT2D eigenvalue weighted by Gasteiger charge is 2.27. The van der Waals surface area contributed by atoms with Crippen LogP contribution in [0.3, 0.4) is 0 Å². The SMILES string of the molecule is CCCN(CC(=O)N(C)C)C(=O)C1CCNC1. The van der Waals surface area contributed by atoms with E-state index in [0.29, 0.717) is 6.54 Å². The maximum Gasteiger partial charge on any atom is 0.241 e. The van der Waals surface area contributed by atoms with Gasteiger partial charge in [0.2, 0.25) is 11.8 Å². The summed E-state index contributed by atoms with van der Waals surface area (Å²) >= 11 is 0. The predicted octanol–water partition coefficient (Wildman–Crippen LogP) is -0.0773. The van der Waals surface area contributed by atoms with E-state index in [9.17, 15) is 9.59 Å². The van der Waals surface area contributed by atoms with Gasteiger partial charge in [-0.25, -0.2) is 0 Å². The molecule has 1 saturated heterocycles. The van der Waals surface area contributed by atoms with Crippen molar-refractivity contribution < 1.29 is 9.59 Å². The van der Waals surface area contributed by atoms with Crippen molar-refractivity contribution in [3.63, 3.8) is 0 Å². The zero-order chi connectivity index (χ0) is 12.8. The van der Waals surface area contributed by atoms with Gasteiger partial charge in [0.25, 0.3) is 0 Å². The van der Waals surface area contributed by atoms with Crippen LogP contribution in [0.4, 0.5) is 0 Å². The average Bonchev–Trinajstić information content (AvgIpc) is 2.80. The zero-order valence-electron chi connectivity index (χ0n) is 11.0. The highest BCUT2D eigenvalue weighted by atomic mass is 16.2. The van der Waals surface area contributed by atoms with Crippen LogP contribution < -0.4 is 5.32 Å². The van der Waals surface area contributed by atoms with E-state index in [0.717, 1.165) is 25.9 Å². The molecule has 1 atom stereocenters. The Balaban J connectivity index is 2.57. The second kappa shape index (κ2) is 6.59. The molecule has 0 aromatic rings. The first-order valence-corrected chi connectivity index (χ1v) is 6.26. The Morgan fingerprint density at radius 1 is 1.35 bits per heavy atom. The van der Waals surface area contributed by atoms with Crippen LogP contribution in [-0.4, -0.2) is 61.9 Å². The van der Waals surface area contributed by atoms with Crippen LogP contribution >= 0.6 is 0 Å². The predicted molar refractivity (Wildman–Crippen MR) is 66.5 cm³/mol. The molecule has 0 aromatic heterocycles. The molecule has 1 fully saturated rings. The van der Waals surface area contributed by atoms with Gasteiger partial charge in [-0.2, -0.15) is 0 Å². The fourth-order valence-corrected chi connectivity index (χ4v) is 1.97. The molecule has 0 saturated carbocycles. The summed E-state index contributed by atoms with van der Waals surface area (Å²) in [6.07, 6.45) is 1.77. The highest BCUT2D eigenvalue weighted by Crippen LogP contribution is 2.12. The van der Waals surface area contributed by atoms with Gasteiger partial charge in [-0.3, -0.25) is 9.59 Å². The maximum atomic E-state index is 12.2. The first-order valence-electron chi connectivity index (χ1n) is 6.26. The quantitative estimate of drug-likeness (QED) is 0.732. The van der Waals surface area contributed by atoms with E-state index in [1.54, 1.807) is 19.0 Å². The molecular formula is C12H23N3O2. The minimum absolute atomic E-state index is 0.0160. The molecule has 0 aromatic carbocycles. The molecule has 0 spiro atoms. The maximum absolute atomic E-state index is 12.2. The smallest absolute Gasteiger partial charge is 0.241 e. The monoisotopic (exact) mass is 241 g/mol. The summed E-state index contributed by atoms with van der Waals surface area (Å²) in [5.41, 5.74) is 0. The Morgan fingerprint density at radius 3 is 2.53 bits per heavy atom. The third-order valence-electron chi connectivity index (χ3n) is 3.04. The van der Waals surface area contributed by atoms with Crippen molar-refractivity contribution in [1.29, 1.82) is 0 Å². The molecule has 1 N–H and O–H groups in total. The van der Waals surface area contributed by atoms with E-state index in [1.165, 1.54) is 4.90 Å². The van der Waals surface area contributed by atoms with Gasteiger partial charge in [0.15, 0.2) is 0 Å². The summed E-state index contributed by atoms with van der Waals surface area (Å²) in [7, 11) is 3.43. The van der Waals surface area contributed by atoms with E-state index in [4.69, 9.17) is 0 Å². The number of nitrogens with zero attached hydrogens (tertiary/aromatic N) is 2. The Bertz CT molecular complexity index is 273. The highest BCUT2D eigenvalue weighted by molar-refractivity contribution is 5.86. The number of rotatable bonds is 5. The third kappa shape index (κ3) is 4.00. The molecule has 0 aliphatic carbocycles. The Hall–Kier alpha value is -1.10. The van der Waals surface area contributed by atoms with Gasteiger partial charge in [-0.1, -0.05) is 6.92 Å². The van der Waals surface area contributed by atoms with Gasteiger partial charge in [0.05, 0.1) is 12.5 Å². The fraction of sp³-hybridized carbons (Fsp3) is 0.833. The molecule has 1 aliphatic rings. The van der Waals surface area contributed by atoms with Gasteiger partial charge >= 0.3 is 0 Å². The minimum atomic E-state index is -0.0160. The topological polar surface area (TPSA) is 52.7 Å². The van der Waals surface area contributed by atoms with E-state index in [2.05, 4.69) is 5.32 Å². The van der Waals surface area contributed by atoms with Crippen molar-refractivity contribution in [3.8, 4) is 0 Å². The Labute approximate surface area is 103 Å². The normalized spacial score (nSPS) is 19.1. The van der Waals surface area contributed by atoms with Crippen molar-refractivity contribution in [1.82, 2.24) is 15.1 Å². The number of nitrogens with one attached hydrogen (secondary N) is 1. The lowest BCUT2D eigenvalue weighted by molar-refractivity contribution is -0.141. The molecule has 17 heavy (non-hydrogen) atoms. The number of hydrogen-bond donors (Lipinski definition) is 1. The summed E-state index contributed by atoms with van der Waals surface area (Å²) in [5.74, 6) is 0.154. The number of likely N-dealkylation sites (N-methyl/N-ethyl adjacent to an activating group) is 1. The van der Waals surface area contributed by atoms with Gasteiger partial charge in [0.1, 0.15) is 0 Å². The summed E-state index contributed by atoms with van der Waals surface area (Å²) in [4.78, 5) is 27.1. The molecule has 1 aliphatic heterocycles. The van der Waals surface area contributed by atoms with E-state index >= 15 is 0 Å². The molecule has 98 valence electrons. The minimum Gasteiger partial charge on any atom is -0.347 e. The summed E-state index contributed by atoms with van der Waals surface area (Å²) in [6.45, 7) is 4.53. The van der Waals surface area contributed by atoms with Crippen molar-refractivity contribution in [3.05, 3.63) is 0 Å². The van der Waals surface area contributed by atoms with Crippen molar-refractivity contribution >= 4 is 11.8 Å². The summed E-state index contributed by atoms with van der Waals surface area (Å²) < 4.78 is 0. The molecule has 1 rings (SSSR count). The molecule has 0 radical (unpaired) electrons. The number of carbonyl (C=O) groups is 2. The van der Waals surface area contributed by atoms with Gasteiger partial charge in [-0.15, -0.1) is 0 Å². The lowest BCUT2D eigenvalue weighted by atomic mass is 10.1. The molecule has 1 heterocycles. The Morgan fingerprint density at radius 2 is 2.06 bits per heavy atom. The standard InChI is InChI=1S/C12H23N3O2/c1-4-7-15(9-11(16)14(2)3)12(17)10-5-6-13-8-10/h10,13H,4-9H2,1-3H3. The number of amides is 2. The molecular weight excluding hydrogens is 218 g/mol. The lowest BCUT2D eigenvalue weighted by Crippen LogP contribution is -2.43.